The molecule has 8 heteroatoms. The van der Waals surface area contributed by atoms with Gasteiger partial charge in [0.15, 0.2) is 12.3 Å². The molecule has 0 atom stereocenters. The van der Waals surface area contributed by atoms with Crippen molar-refractivity contribution in [3.8, 4) is 17.3 Å². The van der Waals surface area contributed by atoms with Crippen molar-refractivity contribution in [2.45, 2.75) is 13.8 Å². The fourth-order valence-electron chi connectivity index (χ4n) is 3.23. The lowest BCUT2D eigenvalue weighted by Gasteiger charge is -2.09. The van der Waals surface area contributed by atoms with Gasteiger partial charge in [-0.15, -0.1) is 0 Å². The van der Waals surface area contributed by atoms with Crippen LogP contribution >= 0.6 is 0 Å². The number of carbonyl (C=O) groups excluding carboxylic acids is 1. The van der Waals surface area contributed by atoms with Crippen molar-refractivity contribution in [2.24, 2.45) is 0 Å². The molecule has 2 heterocycles. The molecule has 2 aromatic heterocycles. The van der Waals surface area contributed by atoms with Crippen LogP contribution in [-0.4, -0.2) is 39.4 Å². The normalized spacial score (nSPS) is 10.8. The fraction of sp³-hybridized carbons (Fsp3) is 0.182. The van der Waals surface area contributed by atoms with E-state index >= 15 is 0 Å². The lowest BCUT2D eigenvalue weighted by atomic mass is 10.1. The maximum Gasteiger partial charge on any atom is 0.262 e. The summed E-state index contributed by atoms with van der Waals surface area (Å²) in [4.78, 5) is 20.8. The molecule has 30 heavy (non-hydrogen) atoms. The molecule has 4 aromatic rings. The maximum absolute atomic E-state index is 12.3. The third-order valence-corrected chi connectivity index (χ3v) is 4.47. The molecule has 1 N–H and O–H groups in total. The van der Waals surface area contributed by atoms with Gasteiger partial charge in [-0.1, -0.05) is 12.1 Å². The minimum atomic E-state index is -0.309. The molecule has 0 saturated carbocycles. The molecule has 0 aliphatic heterocycles. The first-order valence-electron chi connectivity index (χ1n) is 9.37. The second kappa shape index (κ2) is 8.20. The number of hydrogen-bond donors (Lipinski definition) is 1. The van der Waals surface area contributed by atoms with Crippen molar-refractivity contribution in [3.63, 3.8) is 0 Å². The highest BCUT2D eigenvalue weighted by Gasteiger charge is 2.14. The standard InChI is InChI=1S/C22H21N5O3/c1-14-7-15(2)9-17(8-14)27-21-19(11-25-27)22(24-13-23-21)30-12-20(28)26-16-5-4-6-18(10-16)29-3/h4-11,13H,12H2,1-3H3,(H,26,28). The fourth-order valence-corrected chi connectivity index (χ4v) is 3.23. The molecular formula is C22H21N5O3. The first kappa shape index (κ1) is 19.4. The van der Waals surface area contributed by atoms with Gasteiger partial charge in [0.25, 0.3) is 5.91 Å². The van der Waals surface area contributed by atoms with Gasteiger partial charge in [0, 0.05) is 11.8 Å². The average Bonchev–Trinajstić information content (AvgIpc) is 3.16. The van der Waals surface area contributed by atoms with Gasteiger partial charge in [-0.3, -0.25) is 4.79 Å². The molecule has 0 radical (unpaired) electrons. The van der Waals surface area contributed by atoms with E-state index in [1.165, 1.54) is 6.33 Å². The molecule has 2 aromatic carbocycles. The summed E-state index contributed by atoms with van der Waals surface area (Å²) in [5.74, 6) is 0.651. The van der Waals surface area contributed by atoms with Crippen molar-refractivity contribution in [2.75, 3.05) is 19.0 Å². The summed E-state index contributed by atoms with van der Waals surface area (Å²) < 4.78 is 12.6. The Hall–Kier alpha value is -3.94. The van der Waals surface area contributed by atoms with Crippen LogP contribution in [0.4, 0.5) is 5.69 Å². The second-order valence-corrected chi connectivity index (χ2v) is 6.89. The summed E-state index contributed by atoms with van der Waals surface area (Å²) in [7, 11) is 1.57. The molecule has 8 nitrogen and oxygen atoms in total. The zero-order valence-electron chi connectivity index (χ0n) is 16.9. The molecule has 0 aliphatic rings. The summed E-state index contributed by atoms with van der Waals surface area (Å²) in [5.41, 5.74) is 4.40. The Labute approximate surface area is 173 Å². The number of aromatic nitrogens is 4. The number of benzene rings is 2. The number of nitrogens with zero attached hydrogens (tertiary/aromatic N) is 4. The SMILES string of the molecule is COc1cccc(NC(=O)COc2ncnc3c2cnn3-c2cc(C)cc(C)c2)c1. The smallest absolute Gasteiger partial charge is 0.262 e. The van der Waals surface area contributed by atoms with Crippen LogP contribution in [0.5, 0.6) is 11.6 Å². The highest BCUT2D eigenvalue weighted by atomic mass is 16.5. The minimum absolute atomic E-state index is 0.196. The number of rotatable bonds is 6. The van der Waals surface area contributed by atoms with Crippen LogP contribution in [0, 0.1) is 13.8 Å². The molecule has 4 rings (SSSR count). The van der Waals surface area contributed by atoms with Gasteiger partial charge in [-0.05, 0) is 49.2 Å². The zero-order valence-corrected chi connectivity index (χ0v) is 16.9. The first-order chi connectivity index (χ1) is 14.5. The Balaban J connectivity index is 1.52. The Kier molecular flexibility index (Phi) is 5.30. The Bertz CT molecular complexity index is 1200. The number of aryl methyl sites for hydroxylation is 2. The Morgan fingerprint density at radius 1 is 1.10 bits per heavy atom. The van der Waals surface area contributed by atoms with Gasteiger partial charge in [0.1, 0.15) is 17.5 Å². The van der Waals surface area contributed by atoms with E-state index in [-0.39, 0.29) is 12.5 Å². The number of hydrogen-bond acceptors (Lipinski definition) is 6. The van der Waals surface area contributed by atoms with Crippen LogP contribution in [0.15, 0.2) is 55.0 Å². The van der Waals surface area contributed by atoms with Gasteiger partial charge in [-0.25, -0.2) is 14.6 Å². The average molecular weight is 403 g/mol. The van der Waals surface area contributed by atoms with Gasteiger partial charge in [0.2, 0.25) is 5.88 Å². The van der Waals surface area contributed by atoms with Crippen molar-refractivity contribution in [3.05, 3.63) is 66.1 Å². The Morgan fingerprint density at radius 2 is 1.90 bits per heavy atom. The number of ether oxygens (including phenoxy) is 2. The summed E-state index contributed by atoms with van der Waals surface area (Å²) >= 11 is 0. The second-order valence-electron chi connectivity index (χ2n) is 6.89. The van der Waals surface area contributed by atoms with E-state index in [1.807, 2.05) is 26.0 Å². The van der Waals surface area contributed by atoms with E-state index in [2.05, 4.69) is 26.4 Å². The lowest BCUT2D eigenvalue weighted by molar-refractivity contribution is -0.118. The van der Waals surface area contributed by atoms with Gasteiger partial charge in [0.05, 0.1) is 19.0 Å². The number of amides is 1. The predicted molar refractivity (Wildman–Crippen MR) is 113 cm³/mol. The van der Waals surface area contributed by atoms with Crippen LogP contribution in [0.1, 0.15) is 11.1 Å². The van der Waals surface area contributed by atoms with Crippen LogP contribution in [0.25, 0.3) is 16.7 Å². The predicted octanol–water partition coefficient (Wildman–Crippen LogP) is 3.46. The number of nitrogens with one attached hydrogen (secondary N) is 1. The molecule has 0 bridgehead atoms. The molecule has 0 aliphatic carbocycles. The summed E-state index contributed by atoms with van der Waals surface area (Å²) in [5, 5.41) is 7.84. The van der Waals surface area contributed by atoms with Crippen LogP contribution in [-0.2, 0) is 4.79 Å². The Morgan fingerprint density at radius 3 is 2.67 bits per heavy atom. The summed E-state index contributed by atoms with van der Waals surface area (Å²) in [6, 6.07) is 13.3. The third kappa shape index (κ3) is 4.07. The number of methoxy groups -OCH3 is 1. The van der Waals surface area contributed by atoms with Gasteiger partial charge in [-0.2, -0.15) is 5.10 Å². The van der Waals surface area contributed by atoms with Crippen molar-refractivity contribution in [1.29, 1.82) is 0 Å². The zero-order chi connectivity index (χ0) is 21.1. The van der Waals surface area contributed by atoms with E-state index in [0.29, 0.717) is 28.4 Å². The molecule has 0 saturated heterocycles. The maximum atomic E-state index is 12.3. The van der Waals surface area contributed by atoms with Crippen LogP contribution in [0.2, 0.25) is 0 Å². The van der Waals surface area contributed by atoms with E-state index in [4.69, 9.17) is 9.47 Å². The van der Waals surface area contributed by atoms with Crippen LogP contribution < -0.4 is 14.8 Å². The topological polar surface area (TPSA) is 91.2 Å². The van der Waals surface area contributed by atoms with Crippen molar-refractivity contribution in [1.82, 2.24) is 19.7 Å². The van der Waals surface area contributed by atoms with E-state index < -0.39 is 0 Å². The number of fused-ring (bicyclic) bond motifs is 1. The minimum Gasteiger partial charge on any atom is -0.497 e. The number of carbonyl (C=O) groups is 1. The van der Waals surface area contributed by atoms with E-state index in [9.17, 15) is 4.79 Å². The largest absolute Gasteiger partial charge is 0.497 e. The van der Waals surface area contributed by atoms with E-state index in [0.717, 1.165) is 16.8 Å². The van der Waals surface area contributed by atoms with Crippen LogP contribution in [0.3, 0.4) is 0 Å². The summed E-state index contributed by atoms with van der Waals surface area (Å²) in [6.45, 7) is 3.87. The van der Waals surface area contributed by atoms with Gasteiger partial charge < -0.3 is 14.8 Å². The molecule has 0 fully saturated rings. The molecule has 1 amide bonds. The lowest BCUT2D eigenvalue weighted by Crippen LogP contribution is -2.20. The number of anilines is 1. The van der Waals surface area contributed by atoms with Crippen molar-refractivity contribution >= 4 is 22.6 Å². The molecule has 0 spiro atoms. The highest BCUT2D eigenvalue weighted by Crippen LogP contribution is 2.24. The van der Waals surface area contributed by atoms with Crippen molar-refractivity contribution < 1.29 is 14.3 Å². The van der Waals surface area contributed by atoms with Gasteiger partial charge >= 0.3 is 0 Å². The highest BCUT2D eigenvalue weighted by molar-refractivity contribution is 5.92. The molecular weight excluding hydrogens is 382 g/mol. The quantitative estimate of drug-likeness (QED) is 0.530. The monoisotopic (exact) mass is 403 g/mol. The van der Waals surface area contributed by atoms with E-state index in [1.54, 1.807) is 42.3 Å². The first-order valence-corrected chi connectivity index (χ1v) is 9.37. The third-order valence-electron chi connectivity index (χ3n) is 4.47. The molecule has 152 valence electrons. The molecule has 0 unspecified atom stereocenters. The summed E-state index contributed by atoms with van der Waals surface area (Å²) in [6.07, 6.45) is 3.04.